The molecule has 0 saturated carbocycles. The number of carboxylic acids is 1. The highest BCUT2D eigenvalue weighted by molar-refractivity contribution is 6.06. The molecule has 2 N–H and O–H groups in total. The SMILES string of the molecule is COc1cc(C2C3=C(CC(c4ccccc4)CC3=O)Nc3ccccc3N2C(=O)CCC(=O)O)cc(OC)c1OC. The lowest BCUT2D eigenvalue weighted by atomic mass is 9.78. The summed E-state index contributed by atoms with van der Waals surface area (Å²) in [6.07, 6.45) is 0.229. The van der Waals surface area contributed by atoms with Crippen LogP contribution in [0.25, 0.3) is 0 Å². The molecule has 1 aliphatic heterocycles. The molecule has 0 saturated heterocycles. The van der Waals surface area contributed by atoms with Gasteiger partial charge in [-0.3, -0.25) is 19.3 Å². The molecule has 41 heavy (non-hydrogen) atoms. The lowest BCUT2D eigenvalue weighted by Gasteiger charge is -2.35. The average molecular weight is 557 g/mol. The number of ether oxygens (including phenoxy) is 3. The van der Waals surface area contributed by atoms with Crippen molar-refractivity contribution < 1.29 is 33.7 Å². The number of para-hydroxylation sites is 2. The summed E-state index contributed by atoms with van der Waals surface area (Å²) >= 11 is 0. The Morgan fingerprint density at radius 2 is 1.54 bits per heavy atom. The summed E-state index contributed by atoms with van der Waals surface area (Å²) in [7, 11) is 4.51. The molecule has 0 radical (unpaired) electrons. The van der Waals surface area contributed by atoms with E-state index in [4.69, 9.17) is 14.2 Å². The van der Waals surface area contributed by atoms with Crippen molar-refractivity contribution in [1.29, 1.82) is 0 Å². The number of rotatable bonds is 8. The Balaban J connectivity index is 1.75. The van der Waals surface area contributed by atoms with Gasteiger partial charge in [0.1, 0.15) is 0 Å². The summed E-state index contributed by atoms with van der Waals surface area (Å²) < 4.78 is 16.8. The van der Waals surface area contributed by atoms with Gasteiger partial charge in [0.05, 0.1) is 45.2 Å². The minimum absolute atomic E-state index is 0.0445. The Morgan fingerprint density at radius 3 is 2.17 bits per heavy atom. The highest BCUT2D eigenvalue weighted by Crippen LogP contribution is 2.50. The number of carbonyl (C=O) groups excluding carboxylic acids is 2. The number of allylic oxidation sites excluding steroid dienone is 1. The fourth-order valence-corrected chi connectivity index (χ4v) is 5.74. The van der Waals surface area contributed by atoms with Crippen LogP contribution in [0.5, 0.6) is 17.2 Å². The zero-order chi connectivity index (χ0) is 29.1. The van der Waals surface area contributed by atoms with Crippen molar-refractivity contribution in [3.63, 3.8) is 0 Å². The molecular formula is C32H32N2O7. The zero-order valence-electron chi connectivity index (χ0n) is 23.2. The maximum Gasteiger partial charge on any atom is 0.303 e. The molecule has 0 aromatic heterocycles. The first-order chi connectivity index (χ1) is 19.9. The van der Waals surface area contributed by atoms with Crippen molar-refractivity contribution in [3.8, 4) is 17.2 Å². The third-order valence-corrected chi connectivity index (χ3v) is 7.58. The second-order valence-electron chi connectivity index (χ2n) is 9.99. The van der Waals surface area contributed by atoms with Gasteiger partial charge in [0.15, 0.2) is 17.3 Å². The van der Waals surface area contributed by atoms with Crippen molar-refractivity contribution in [2.75, 3.05) is 31.5 Å². The Kier molecular flexibility index (Phi) is 7.96. The molecule has 0 bridgehead atoms. The molecule has 2 aliphatic rings. The van der Waals surface area contributed by atoms with Gasteiger partial charge in [-0.25, -0.2) is 0 Å². The van der Waals surface area contributed by atoms with Crippen molar-refractivity contribution in [2.24, 2.45) is 0 Å². The number of amides is 1. The van der Waals surface area contributed by atoms with Crippen LogP contribution >= 0.6 is 0 Å². The minimum atomic E-state index is -1.08. The predicted octanol–water partition coefficient (Wildman–Crippen LogP) is 5.48. The number of carboxylic acid groups (broad SMARTS) is 1. The van der Waals surface area contributed by atoms with Crippen LogP contribution in [-0.2, 0) is 14.4 Å². The number of fused-ring (bicyclic) bond motifs is 1. The first-order valence-corrected chi connectivity index (χ1v) is 13.4. The number of carbonyl (C=O) groups is 3. The number of aliphatic carboxylic acids is 1. The Morgan fingerprint density at radius 1 is 0.878 bits per heavy atom. The van der Waals surface area contributed by atoms with Gasteiger partial charge in [-0.2, -0.15) is 0 Å². The number of ketones is 1. The molecule has 5 rings (SSSR count). The number of nitrogens with one attached hydrogen (secondary N) is 1. The van der Waals surface area contributed by atoms with E-state index in [2.05, 4.69) is 5.32 Å². The molecule has 1 heterocycles. The minimum Gasteiger partial charge on any atom is -0.493 e. The molecule has 3 aromatic carbocycles. The Labute approximate surface area is 238 Å². The van der Waals surface area contributed by atoms with Crippen LogP contribution in [0.3, 0.4) is 0 Å². The first-order valence-electron chi connectivity index (χ1n) is 13.4. The van der Waals surface area contributed by atoms with E-state index in [1.54, 1.807) is 18.2 Å². The molecule has 1 aliphatic carbocycles. The second kappa shape index (κ2) is 11.8. The quantitative estimate of drug-likeness (QED) is 0.375. The summed E-state index contributed by atoms with van der Waals surface area (Å²) in [5, 5.41) is 12.8. The van der Waals surface area contributed by atoms with Crippen molar-refractivity contribution in [2.45, 2.75) is 37.6 Å². The van der Waals surface area contributed by atoms with Crippen LogP contribution in [0.2, 0.25) is 0 Å². The smallest absolute Gasteiger partial charge is 0.303 e. The van der Waals surface area contributed by atoms with Gasteiger partial charge in [-0.05, 0) is 47.7 Å². The van der Waals surface area contributed by atoms with E-state index in [0.717, 1.165) is 11.3 Å². The molecule has 3 aromatic rings. The standard InChI is InChI=1S/C32H32N2O7/c1-39-26-17-21(18-27(40-2)32(26)41-3)31-30-23(15-20(16-25(30)35)19-9-5-4-6-10-19)33-22-11-7-8-12-24(22)34(31)28(36)13-14-29(37)38/h4-12,17-18,20,31,33H,13-16H2,1-3H3,(H,37,38). The van der Waals surface area contributed by atoms with E-state index >= 15 is 0 Å². The molecule has 2 unspecified atom stereocenters. The fourth-order valence-electron chi connectivity index (χ4n) is 5.74. The molecule has 9 heteroatoms. The lowest BCUT2D eigenvalue weighted by molar-refractivity contribution is -0.138. The molecule has 1 amide bonds. The van der Waals surface area contributed by atoms with Crippen molar-refractivity contribution >= 4 is 29.0 Å². The molecule has 9 nitrogen and oxygen atoms in total. The number of hydrogen-bond donors (Lipinski definition) is 2. The molecule has 2 atom stereocenters. The van der Waals surface area contributed by atoms with Gasteiger partial charge in [0.2, 0.25) is 11.7 Å². The number of methoxy groups -OCH3 is 3. The van der Waals surface area contributed by atoms with Crippen LogP contribution in [0.15, 0.2) is 78.0 Å². The zero-order valence-corrected chi connectivity index (χ0v) is 23.2. The average Bonchev–Trinajstić information content (AvgIpc) is 3.14. The first kappa shape index (κ1) is 27.8. The highest BCUT2D eigenvalue weighted by Gasteiger charge is 2.42. The van der Waals surface area contributed by atoms with Crippen LogP contribution < -0.4 is 24.4 Å². The summed E-state index contributed by atoms with van der Waals surface area (Å²) in [6.45, 7) is 0. The largest absolute Gasteiger partial charge is 0.493 e. The number of hydrogen-bond acceptors (Lipinski definition) is 7. The molecular weight excluding hydrogens is 524 g/mol. The normalized spacial score (nSPS) is 18.0. The maximum absolute atomic E-state index is 14.1. The van der Waals surface area contributed by atoms with Crippen LogP contribution in [-0.4, -0.2) is 44.1 Å². The van der Waals surface area contributed by atoms with Gasteiger partial charge in [-0.1, -0.05) is 42.5 Å². The van der Waals surface area contributed by atoms with Gasteiger partial charge >= 0.3 is 5.97 Å². The number of anilines is 2. The monoisotopic (exact) mass is 556 g/mol. The third-order valence-electron chi connectivity index (χ3n) is 7.58. The van der Waals surface area contributed by atoms with E-state index in [1.807, 2.05) is 48.5 Å². The van der Waals surface area contributed by atoms with Gasteiger partial charge < -0.3 is 24.6 Å². The van der Waals surface area contributed by atoms with Crippen LogP contribution in [0.1, 0.15) is 48.8 Å². The number of nitrogens with zero attached hydrogens (tertiary/aromatic N) is 1. The topological polar surface area (TPSA) is 114 Å². The van der Waals surface area contributed by atoms with E-state index < -0.39 is 17.9 Å². The number of Topliss-reactive ketones (excluding diaryl/α,β-unsaturated/α-hetero) is 1. The molecule has 0 fully saturated rings. The van der Waals surface area contributed by atoms with Gasteiger partial charge in [0.25, 0.3) is 0 Å². The summed E-state index contributed by atoms with van der Waals surface area (Å²) in [4.78, 5) is 41.0. The fraction of sp³-hybridized carbons (Fsp3) is 0.281. The van der Waals surface area contributed by atoms with Gasteiger partial charge in [0, 0.05) is 24.1 Å². The molecule has 0 spiro atoms. The predicted molar refractivity (Wildman–Crippen MR) is 154 cm³/mol. The van der Waals surface area contributed by atoms with Gasteiger partial charge in [-0.15, -0.1) is 0 Å². The maximum atomic E-state index is 14.1. The van der Waals surface area contributed by atoms with E-state index in [-0.39, 0.29) is 31.0 Å². The summed E-state index contributed by atoms with van der Waals surface area (Å²) in [6, 6.07) is 19.8. The third kappa shape index (κ3) is 5.35. The van der Waals surface area contributed by atoms with Crippen LogP contribution in [0.4, 0.5) is 11.4 Å². The highest BCUT2D eigenvalue weighted by atomic mass is 16.5. The Hall–Kier alpha value is -4.79. The van der Waals surface area contributed by atoms with E-state index in [0.29, 0.717) is 46.2 Å². The Bertz CT molecular complexity index is 1490. The van der Waals surface area contributed by atoms with E-state index in [1.165, 1.54) is 26.2 Å². The van der Waals surface area contributed by atoms with Crippen molar-refractivity contribution in [1.82, 2.24) is 0 Å². The summed E-state index contributed by atoms with van der Waals surface area (Å²) in [5.41, 5.74) is 3.99. The van der Waals surface area contributed by atoms with Crippen LogP contribution in [0, 0.1) is 0 Å². The van der Waals surface area contributed by atoms with E-state index in [9.17, 15) is 19.5 Å². The second-order valence-corrected chi connectivity index (χ2v) is 9.99. The summed E-state index contributed by atoms with van der Waals surface area (Å²) in [5.74, 6) is -0.527. The number of benzene rings is 3. The molecule has 212 valence electrons. The van der Waals surface area contributed by atoms with Crippen molar-refractivity contribution in [3.05, 3.63) is 89.1 Å². The lowest BCUT2D eigenvalue weighted by Crippen LogP contribution is -2.38.